The number of hydrogen-bond donors (Lipinski definition) is 1. The van der Waals surface area contributed by atoms with Crippen molar-refractivity contribution < 1.29 is 4.79 Å². The second-order valence-electron chi connectivity index (χ2n) is 9.95. The van der Waals surface area contributed by atoms with Crippen LogP contribution in [-0.4, -0.2) is 33.5 Å². The number of urea groups is 1. The maximum Gasteiger partial charge on any atom is 0.322 e. The third-order valence-electron chi connectivity index (χ3n) is 7.55. The molecule has 4 heterocycles. The average molecular weight is 497 g/mol. The van der Waals surface area contributed by atoms with E-state index in [0.29, 0.717) is 6.54 Å². The van der Waals surface area contributed by atoms with E-state index in [1.807, 2.05) is 40.5 Å². The highest BCUT2D eigenvalue weighted by molar-refractivity contribution is 7.15. The van der Waals surface area contributed by atoms with Crippen LogP contribution in [0.15, 0.2) is 66.9 Å². The van der Waals surface area contributed by atoms with E-state index < -0.39 is 0 Å². The SMILES string of the molecule is CCN1CCc2c(sc3c2CN(C(=O)Nc2ccc(C)cc2)[C@H](c2ccc(C)cc2)c2cccn2-3)C1. The van der Waals surface area contributed by atoms with E-state index in [1.54, 1.807) is 0 Å². The maximum absolute atomic E-state index is 14.0. The molecule has 2 aromatic carbocycles. The predicted molar refractivity (Wildman–Crippen MR) is 147 cm³/mol. The number of aromatic nitrogens is 1. The predicted octanol–water partition coefficient (Wildman–Crippen LogP) is 6.67. The van der Waals surface area contributed by atoms with E-state index in [9.17, 15) is 4.79 Å². The summed E-state index contributed by atoms with van der Waals surface area (Å²) in [5.74, 6) is 0. The van der Waals surface area contributed by atoms with Gasteiger partial charge >= 0.3 is 6.03 Å². The summed E-state index contributed by atoms with van der Waals surface area (Å²) >= 11 is 1.90. The fourth-order valence-electron chi connectivity index (χ4n) is 5.48. The minimum absolute atomic E-state index is 0.0732. The van der Waals surface area contributed by atoms with Crippen molar-refractivity contribution in [3.63, 3.8) is 0 Å². The second kappa shape index (κ2) is 9.26. The first-order chi connectivity index (χ1) is 17.5. The molecule has 184 valence electrons. The Morgan fingerprint density at radius 1 is 0.972 bits per heavy atom. The first-order valence-electron chi connectivity index (χ1n) is 12.8. The number of amides is 2. The van der Waals surface area contributed by atoms with E-state index in [4.69, 9.17) is 0 Å². The van der Waals surface area contributed by atoms with Crippen molar-refractivity contribution in [2.45, 2.75) is 46.3 Å². The molecule has 2 aliphatic rings. The monoisotopic (exact) mass is 496 g/mol. The van der Waals surface area contributed by atoms with E-state index >= 15 is 0 Å². The molecule has 6 rings (SSSR count). The van der Waals surface area contributed by atoms with Crippen LogP contribution in [0.3, 0.4) is 0 Å². The van der Waals surface area contributed by atoms with E-state index in [2.05, 4.69) is 78.2 Å². The van der Waals surface area contributed by atoms with E-state index in [0.717, 1.165) is 43.0 Å². The molecule has 36 heavy (non-hydrogen) atoms. The van der Waals surface area contributed by atoms with Crippen LogP contribution in [0.2, 0.25) is 0 Å². The van der Waals surface area contributed by atoms with E-state index in [-0.39, 0.29) is 12.1 Å². The molecule has 0 aliphatic carbocycles. The van der Waals surface area contributed by atoms with Crippen LogP contribution in [0, 0.1) is 13.8 Å². The summed E-state index contributed by atoms with van der Waals surface area (Å²) < 4.78 is 2.33. The van der Waals surface area contributed by atoms with Gasteiger partial charge in [-0.1, -0.05) is 54.4 Å². The Balaban J connectivity index is 1.47. The van der Waals surface area contributed by atoms with Gasteiger partial charge in [0.25, 0.3) is 0 Å². The molecular weight excluding hydrogens is 464 g/mol. The smallest absolute Gasteiger partial charge is 0.310 e. The van der Waals surface area contributed by atoms with Gasteiger partial charge in [-0.3, -0.25) is 4.90 Å². The number of anilines is 1. The van der Waals surface area contributed by atoms with Crippen LogP contribution >= 0.6 is 11.3 Å². The fourth-order valence-corrected chi connectivity index (χ4v) is 6.88. The van der Waals surface area contributed by atoms with Gasteiger partial charge in [0.15, 0.2) is 0 Å². The standard InChI is InChI=1S/C30H32N4OS/c1-4-32-17-15-24-25-18-34(30(35)31-23-13-9-21(3)10-14-23)28(22-11-7-20(2)8-12-22)26-6-5-16-33(26)29(25)36-27(24)19-32/h5-14,16,28H,4,15,17-19H2,1-3H3,(H,31,35)/t28-/m1/s1. The highest BCUT2D eigenvalue weighted by Crippen LogP contribution is 2.43. The topological polar surface area (TPSA) is 40.5 Å². The number of nitrogens with one attached hydrogen (secondary N) is 1. The van der Waals surface area contributed by atoms with Crippen LogP contribution < -0.4 is 5.32 Å². The quantitative estimate of drug-likeness (QED) is 0.344. The average Bonchev–Trinajstić information content (AvgIpc) is 3.47. The number of likely N-dealkylation sites (N-methyl/N-ethyl adjacent to an activating group) is 1. The molecule has 2 aromatic heterocycles. The summed E-state index contributed by atoms with van der Waals surface area (Å²) in [5.41, 5.74) is 8.21. The second-order valence-corrected chi connectivity index (χ2v) is 11.0. The number of hydrogen-bond acceptors (Lipinski definition) is 3. The molecule has 0 saturated heterocycles. The molecule has 1 N–H and O–H groups in total. The van der Waals surface area contributed by atoms with Crippen molar-refractivity contribution in [2.75, 3.05) is 18.4 Å². The molecule has 0 fully saturated rings. The lowest BCUT2D eigenvalue weighted by Crippen LogP contribution is -2.38. The summed E-state index contributed by atoms with van der Waals surface area (Å²) in [6, 6.07) is 20.7. The number of carbonyl (C=O) groups is 1. The Hall–Kier alpha value is -3.35. The summed E-state index contributed by atoms with van der Waals surface area (Å²) in [7, 11) is 0. The summed E-state index contributed by atoms with van der Waals surface area (Å²) in [4.78, 5) is 20.0. The minimum Gasteiger partial charge on any atom is -0.310 e. The van der Waals surface area contributed by atoms with Crippen molar-refractivity contribution >= 4 is 23.1 Å². The zero-order chi connectivity index (χ0) is 24.8. The summed E-state index contributed by atoms with van der Waals surface area (Å²) in [5, 5.41) is 4.46. The number of fused-ring (bicyclic) bond motifs is 5. The van der Waals surface area contributed by atoms with Crippen molar-refractivity contribution in [1.29, 1.82) is 0 Å². The Labute approximate surface area is 217 Å². The van der Waals surface area contributed by atoms with Gasteiger partial charge in [-0.05, 0) is 62.2 Å². The van der Waals surface area contributed by atoms with Gasteiger partial charge < -0.3 is 14.8 Å². The van der Waals surface area contributed by atoms with Gasteiger partial charge in [-0.25, -0.2) is 4.79 Å². The largest absolute Gasteiger partial charge is 0.322 e. The number of rotatable bonds is 3. The molecule has 0 unspecified atom stereocenters. The van der Waals surface area contributed by atoms with Gasteiger partial charge in [0.05, 0.1) is 18.3 Å². The van der Waals surface area contributed by atoms with Gasteiger partial charge in [0.1, 0.15) is 5.00 Å². The van der Waals surface area contributed by atoms with Crippen molar-refractivity contribution in [3.05, 3.63) is 105 Å². The maximum atomic E-state index is 14.0. The van der Waals surface area contributed by atoms with Crippen LogP contribution in [0.5, 0.6) is 0 Å². The Bertz CT molecular complexity index is 1400. The van der Waals surface area contributed by atoms with Gasteiger partial charge in [-0.15, -0.1) is 11.3 Å². The molecule has 0 radical (unpaired) electrons. The molecule has 0 saturated carbocycles. The summed E-state index contributed by atoms with van der Waals surface area (Å²) in [6.45, 7) is 10.1. The van der Waals surface area contributed by atoms with Crippen molar-refractivity contribution in [2.24, 2.45) is 0 Å². The van der Waals surface area contributed by atoms with Crippen molar-refractivity contribution in [1.82, 2.24) is 14.4 Å². The third kappa shape index (κ3) is 4.04. The normalized spacial score (nSPS) is 17.2. The zero-order valence-electron chi connectivity index (χ0n) is 21.1. The number of thiophene rings is 1. The molecule has 0 bridgehead atoms. The Kier molecular flexibility index (Phi) is 5.94. The highest BCUT2D eigenvalue weighted by atomic mass is 32.1. The molecule has 5 nitrogen and oxygen atoms in total. The third-order valence-corrected chi connectivity index (χ3v) is 8.81. The molecule has 4 aromatic rings. The number of aryl methyl sites for hydroxylation is 2. The molecule has 0 spiro atoms. The van der Waals surface area contributed by atoms with Crippen LogP contribution in [-0.2, 0) is 19.5 Å². The minimum atomic E-state index is -0.183. The lowest BCUT2D eigenvalue weighted by atomic mass is 9.99. The van der Waals surface area contributed by atoms with Crippen LogP contribution in [0.4, 0.5) is 10.5 Å². The number of nitrogens with zero attached hydrogens (tertiary/aromatic N) is 3. The summed E-state index contributed by atoms with van der Waals surface area (Å²) in [6.07, 6.45) is 3.20. The Morgan fingerprint density at radius 3 is 2.42 bits per heavy atom. The van der Waals surface area contributed by atoms with E-state index in [1.165, 1.54) is 32.1 Å². The molecule has 2 aliphatic heterocycles. The van der Waals surface area contributed by atoms with Crippen LogP contribution in [0.25, 0.3) is 5.00 Å². The number of carbonyl (C=O) groups excluding carboxylic acids is 1. The lowest BCUT2D eigenvalue weighted by molar-refractivity contribution is 0.194. The molecular formula is C30H32N4OS. The number of benzene rings is 2. The van der Waals surface area contributed by atoms with Crippen molar-refractivity contribution in [3.8, 4) is 5.00 Å². The first-order valence-corrected chi connectivity index (χ1v) is 13.6. The molecule has 2 amide bonds. The zero-order valence-corrected chi connectivity index (χ0v) is 21.9. The molecule has 6 heteroatoms. The first kappa shape index (κ1) is 23.1. The van der Waals surface area contributed by atoms with Gasteiger partial charge in [0.2, 0.25) is 0 Å². The fraction of sp³-hybridized carbons (Fsp3) is 0.300. The Morgan fingerprint density at radius 2 is 1.69 bits per heavy atom. The highest BCUT2D eigenvalue weighted by Gasteiger charge is 2.36. The molecule has 1 atom stereocenters. The van der Waals surface area contributed by atoms with Crippen LogP contribution in [0.1, 0.15) is 51.4 Å². The lowest BCUT2D eigenvalue weighted by Gasteiger charge is -2.32. The van der Waals surface area contributed by atoms with Gasteiger partial charge in [-0.2, -0.15) is 0 Å². The van der Waals surface area contributed by atoms with Gasteiger partial charge in [0, 0.05) is 35.4 Å².